The Morgan fingerprint density at radius 3 is 2.25 bits per heavy atom. The molecule has 8 heteroatoms. The van der Waals surface area contributed by atoms with Crippen molar-refractivity contribution in [3.63, 3.8) is 0 Å². The van der Waals surface area contributed by atoms with Gasteiger partial charge < -0.3 is 5.32 Å². The van der Waals surface area contributed by atoms with Gasteiger partial charge in [-0.1, -0.05) is 13.8 Å². The highest BCUT2D eigenvalue weighted by Gasteiger charge is 2.23. The molecule has 0 heterocycles. The van der Waals surface area contributed by atoms with E-state index in [1.165, 1.54) is 6.92 Å². The lowest BCUT2D eigenvalue weighted by molar-refractivity contribution is 0.449. The molecule has 1 aromatic carbocycles. The average Bonchev–Trinajstić information content (AvgIpc) is 2.36. The topological polar surface area (TPSA) is 58.2 Å². The van der Waals surface area contributed by atoms with E-state index in [9.17, 15) is 21.6 Å². The first kappa shape index (κ1) is 16.8. The van der Waals surface area contributed by atoms with Gasteiger partial charge in [-0.2, -0.15) is 0 Å². The SMILES string of the molecule is CC(C)NCC(C)S(=O)(=O)Nc1ccc(F)c(F)c1F. The van der Waals surface area contributed by atoms with E-state index < -0.39 is 38.4 Å². The highest BCUT2D eigenvalue weighted by atomic mass is 32.2. The van der Waals surface area contributed by atoms with Crippen LogP contribution in [0.3, 0.4) is 0 Å². The quantitative estimate of drug-likeness (QED) is 0.792. The van der Waals surface area contributed by atoms with Gasteiger partial charge in [0.05, 0.1) is 10.9 Å². The van der Waals surface area contributed by atoms with Crippen LogP contribution < -0.4 is 10.0 Å². The summed E-state index contributed by atoms with van der Waals surface area (Å²) in [5, 5.41) is 2.06. The van der Waals surface area contributed by atoms with Gasteiger partial charge in [0.15, 0.2) is 17.5 Å². The van der Waals surface area contributed by atoms with Crippen LogP contribution in [0.2, 0.25) is 0 Å². The molecule has 1 rings (SSSR count). The van der Waals surface area contributed by atoms with E-state index in [0.29, 0.717) is 6.07 Å². The highest BCUT2D eigenvalue weighted by Crippen LogP contribution is 2.21. The third kappa shape index (κ3) is 4.11. The summed E-state index contributed by atoms with van der Waals surface area (Å²) in [6, 6.07) is 1.59. The first-order valence-electron chi connectivity index (χ1n) is 6.03. The predicted octanol–water partition coefficient (Wildman–Crippen LogP) is 2.23. The lowest BCUT2D eigenvalue weighted by Crippen LogP contribution is -2.37. The van der Waals surface area contributed by atoms with Crippen LogP contribution in [0.5, 0.6) is 0 Å². The van der Waals surface area contributed by atoms with Gasteiger partial charge in [-0.15, -0.1) is 0 Å². The van der Waals surface area contributed by atoms with E-state index in [0.717, 1.165) is 6.07 Å². The van der Waals surface area contributed by atoms with E-state index >= 15 is 0 Å². The molecule has 0 aliphatic heterocycles. The molecule has 4 nitrogen and oxygen atoms in total. The van der Waals surface area contributed by atoms with Crippen LogP contribution in [0, 0.1) is 17.5 Å². The zero-order valence-corrected chi connectivity index (χ0v) is 12.2. The fraction of sp³-hybridized carbons (Fsp3) is 0.500. The Morgan fingerprint density at radius 1 is 1.10 bits per heavy atom. The molecule has 0 saturated heterocycles. The zero-order valence-electron chi connectivity index (χ0n) is 11.4. The molecular formula is C12H17F3N2O2S. The summed E-state index contributed by atoms with van der Waals surface area (Å²) in [7, 11) is -3.90. The fourth-order valence-corrected chi connectivity index (χ4v) is 2.35. The summed E-state index contributed by atoms with van der Waals surface area (Å²) in [6.45, 7) is 5.28. The van der Waals surface area contributed by atoms with Gasteiger partial charge in [0.1, 0.15) is 0 Å². The molecule has 0 spiro atoms. The van der Waals surface area contributed by atoms with Crippen molar-refractivity contribution in [2.24, 2.45) is 0 Å². The molecule has 0 bridgehead atoms. The molecule has 0 fully saturated rings. The van der Waals surface area contributed by atoms with Gasteiger partial charge >= 0.3 is 0 Å². The van der Waals surface area contributed by atoms with E-state index in [2.05, 4.69) is 5.32 Å². The lowest BCUT2D eigenvalue weighted by Gasteiger charge is -2.17. The Bertz CT molecular complexity index is 576. The second-order valence-electron chi connectivity index (χ2n) is 4.74. The molecule has 0 aliphatic rings. The Morgan fingerprint density at radius 2 is 1.70 bits per heavy atom. The van der Waals surface area contributed by atoms with Crippen molar-refractivity contribution in [3.8, 4) is 0 Å². The maximum atomic E-state index is 13.4. The van der Waals surface area contributed by atoms with Gasteiger partial charge in [-0.05, 0) is 19.1 Å². The summed E-state index contributed by atoms with van der Waals surface area (Å²) in [5.74, 6) is -4.64. The van der Waals surface area contributed by atoms with E-state index in [4.69, 9.17) is 0 Å². The van der Waals surface area contributed by atoms with Crippen LogP contribution in [0.4, 0.5) is 18.9 Å². The van der Waals surface area contributed by atoms with Crippen LogP contribution in [0.25, 0.3) is 0 Å². The summed E-state index contributed by atoms with van der Waals surface area (Å²) < 4.78 is 65.0. The van der Waals surface area contributed by atoms with Crippen molar-refractivity contribution in [1.82, 2.24) is 5.32 Å². The van der Waals surface area contributed by atoms with Crippen LogP contribution in [0.15, 0.2) is 12.1 Å². The zero-order chi connectivity index (χ0) is 15.5. The molecular weight excluding hydrogens is 293 g/mol. The number of hydrogen-bond donors (Lipinski definition) is 2. The molecule has 0 radical (unpaired) electrons. The van der Waals surface area contributed by atoms with Crippen molar-refractivity contribution in [2.75, 3.05) is 11.3 Å². The molecule has 0 aromatic heterocycles. The smallest absolute Gasteiger partial charge is 0.236 e. The van der Waals surface area contributed by atoms with Crippen molar-refractivity contribution in [3.05, 3.63) is 29.6 Å². The molecule has 1 aromatic rings. The van der Waals surface area contributed by atoms with Crippen LogP contribution in [-0.2, 0) is 10.0 Å². The third-order valence-corrected chi connectivity index (χ3v) is 4.36. The molecule has 114 valence electrons. The second-order valence-corrected chi connectivity index (χ2v) is 6.84. The van der Waals surface area contributed by atoms with Crippen LogP contribution >= 0.6 is 0 Å². The Labute approximate surface area is 116 Å². The van der Waals surface area contributed by atoms with Crippen molar-refractivity contribution in [2.45, 2.75) is 32.1 Å². The average molecular weight is 310 g/mol. The summed E-state index contributed by atoms with van der Waals surface area (Å²) >= 11 is 0. The highest BCUT2D eigenvalue weighted by molar-refractivity contribution is 7.93. The summed E-state index contributed by atoms with van der Waals surface area (Å²) in [5.41, 5.74) is -0.611. The number of rotatable bonds is 6. The molecule has 0 saturated carbocycles. The summed E-state index contributed by atoms with van der Waals surface area (Å²) in [6.07, 6.45) is 0. The van der Waals surface area contributed by atoms with Crippen LogP contribution in [-0.4, -0.2) is 26.3 Å². The second kappa shape index (κ2) is 6.45. The molecule has 0 aliphatic carbocycles. The number of halogens is 3. The molecule has 1 atom stereocenters. The largest absolute Gasteiger partial charge is 0.313 e. The Balaban J connectivity index is 2.89. The maximum absolute atomic E-state index is 13.4. The molecule has 2 N–H and O–H groups in total. The van der Waals surface area contributed by atoms with Crippen molar-refractivity contribution >= 4 is 15.7 Å². The monoisotopic (exact) mass is 310 g/mol. The van der Waals surface area contributed by atoms with E-state index in [1.54, 1.807) is 0 Å². The predicted molar refractivity (Wildman–Crippen MR) is 71.5 cm³/mol. The fourth-order valence-electron chi connectivity index (χ4n) is 1.37. The first-order valence-corrected chi connectivity index (χ1v) is 7.58. The number of anilines is 1. The molecule has 20 heavy (non-hydrogen) atoms. The minimum atomic E-state index is -3.90. The number of sulfonamides is 1. The van der Waals surface area contributed by atoms with Crippen molar-refractivity contribution in [1.29, 1.82) is 0 Å². The summed E-state index contributed by atoms with van der Waals surface area (Å²) in [4.78, 5) is 0. The third-order valence-electron chi connectivity index (χ3n) is 2.63. The van der Waals surface area contributed by atoms with E-state index in [1.807, 2.05) is 18.6 Å². The molecule has 0 amide bonds. The van der Waals surface area contributed by atoms with Gasteiger partial charge in [-0.3, -0.25) is 4.72 Å². The van der Waals surface area contributed by atoms with Gasteiger partial charge in [-0.25, -0.2) is 21.6 Å². The normalized spacial score (nSPS) is 13.6. The standard InChI is InChI=1S/C12H17F3N2O2S/c1-7(2)16-6-8(3)20(18,19)17-10-5-4-9(13)11(14)12(10)15/h4-5,7-8,16-17H,6H2,1-3H3. The maximum Gasteiger partial charge on any atom is 0.236 e. The Hall–Kier alpha value is -1.28. The van der Waals surface area contributed by atoms with Gasteiger partial charge in [0.25, 0.3) is 0 Å². The number of hydrogen-bond acceptors (Lipinski definition) is 3. The lowest BCUT2D eigenvalue weighted by atomic mass is 10.3. The minimum Gasteiger partial charge on any atom is -0.313 e. The van der Waals surface area contributed by atoms with Gasteiger partial charge in [0.2, 0.25) is 10.0 Å². The van der Waals surface area contributed by atoms with Gasteiger partial charge in [0, 0.05) is 12.6 Å². The minimum absolute atomic E-state index is 0.0904. The molecule has 1 unspecified atom stereocenters. The van der Waals surface area contributed by atoms with Crippen LogP contribution in [0.1, 0.15) is 20.8 Å². The van der Waals surface area contributed by atoms with Crippen molar-refractivity contribution < 1.29 is 21.6 Å². The van der Waals surface area contributed by atoms with E-state index in [-0.39, 0.29) is 12.6 Å². The number of nitrogens with one attached hydrogen (secondary N) is 2. The Kier molecular flexibility index (Phi) is 5.41. The first-order chi connectivity index (χ1) is 9.15. The number of benzene rings is 1.